The van der Waals surface area contributed by atoms with E-state index in [4.69, 9.17) is 0 Å². The Hall–Kier alpha value is -2.41. The van der Waals surface area contributed by atoms with Crippen LogP contribution in [-0.2, 0) is 9.59 Å². The fourth-order valence-corrected chi connectivity index (χ4v) is 5.60. The van der Waals surface area contributed by atoms with Crippen LogP contribution in [0.5, 0.6) is 0 Å². The fourth-order valence-electron chi connectivity index (χ4n) is 5.60. The van der Waals surface area contributed by atoms with Crippen molar-refractivity contribution in [2.75, 3.05) is 31.6 Å². The van der Waals surface area contributed by atoms with Crippen LogP contribution >= 0.6 is 0 Å². The summed E-state index contributed by atoms with van der Waals surface area (Å²) in [5.41, 5.74) is 1.18. The molecule has 0 atom stereocenters. The molecule has 194 valence electrons. The quantitative estimate of drug-likeness (QED) is 0.481. The van der Waals surface area contributed by atoms with E-state index in [-0.39, 0.29) is 24.3 Å². The first-order valence-corrected chi connectivity index (χ1v) is 13.6. The van der Waals surface area contributed by atoms with Gasteiger partial charge >= 0.3 is 0 Å². The Morgan fingerprint density at radius 3 is 1.80 bits per heavy atom. The highest BCUT2D eigenvalue weighted by atomic mass is 16.2. The Morgan fingerprint density at radius 2 is 1.34 bits per heavy atom. The number of anilines is 1. The topological polar surface area (TPSA) is 73.0 Å². The van der Waals surface area contributed by atoms with Gasteiger partial charge in [-0.3, -0.25) is 19.3 Å². The van der Waals surface area contributed by atoms with Crippen molar-refractivity contribution in [3.8, 4) is 0 Å². The van der Waals surface area contributed by atoms with Gasteiger partial charge in [-0.05, 0) is 63.0 Å². The van der Waals surface area contributed by atoms with Gasteiger partial charge in [0.2, 0.25) is 11.8 Å². The van der Waals surface area contributed by atoms with E-state index < -0.39 is 0 Å². The maximum atomic E-state index is 13.9. The summed E-state index contributed by atoms with van der Waals surface area (Å²) in [7, 11) is 0. The van der Waals surface area contributed by atoms with Gasteiger partial charge in [0, 0.05) is 30.3 Å². The molecule has 0 heterocycles. The van der Waals surface area contributed by atoms with Gasteiger partial charge in [-0.25, -0.2) is 0 Å². The van der Waals surface area contributed by atoms with Crippen LogP contribution in [0.15, 0.2) is 24.3 Å². The molecule has 0 bridgehead atoms. The van der Waals surface area contributed by atoms with Crippen molar-refractivity contribution < 1.29 is 14.4 Å². The molecule has 2 fully saturated rings. The summed E-state index contributed by atoms with van der Waals surface area (Å²) < 4.78 is 0. The average molecular weight is 485 g/mol. The van der Waals surface area contributed by atoms with Gasteiger partial charge in [0.1, 0.15) is 6.54 Å². The summed E-state index contributed by atoms with van der Waals surface area (Å²) in [6.07, 6.45) is 11.6. The first-order chi connectivity index (χ1) is 16.9. The fraction of sp³-hybridized carbons (Fsp3) is 0.679. The smallest absolute Gasteiger partial charge is 0.255 e. The van der Waals surface area contributed by atoms with Crippen molar-refractivity contribution >= 4 is 23.4 Å². The van der Waals surface area contributed by atoms with Crippen molar-refractivity contribution in [3.05, 3.63) is 29.8 Å². The van der Waals surface area contributed by atoms with Gasteiger partial charge in [-0.15, -0.1) is 0 Å². The highest BCUT2D eigenvalue weighted by molar-refractivity contribution is 5.97. The first-order valence-electron chi connectivity index (χ1n) is 13.6. The predicted octanol–water partition coefficient (Wildman–Crippen LogP) is 4.88. The molecule has 3 rings (SSSR count). The molecule has 2 aliphatic carbocycles. The van der Waals surface area contributed by atoms with E-state index in [0.29, 0.717) is 30.0 Å². The molecule has 1 aromatic rings. The molecular formula is C28H44N4O3. The summed E-state index contributed by atoms with van der Waals surface area (Å²) in [5.74, 6) is -0.200. The van der Waals surface area contributed by atoms with E-state index in [1.165, 1.54) is 45.4 Å². The van der Waals surface area contributed by atoms with Gasteiger partial charge in [0.05, 0.1) is 6.67 Å². The van der Waals surface area contributed by atoms with Crippen molar-refractivity contribution in [3.63, 3.8) is 0 Å². The number of hydrogen-bond acceptors (Lipinski definition) is 4. The molecule has 35 heavy (non-hydrogen) atoms. The molecule has 2 aliphatic rings. The lowest BCUT2D eigenvalue weighted by Crippen LogP contribution is -2.54. The molecule has 0 radical (unpaired) electrons. The van der Waals surface area contributed by atoms with E-state index in [0.717, 1.165) is 38.8 Å². The molecule has 7 nitrogen and oxygen atoms in total. The summed E-state index contributed by atoms with van der Waals surface area (Å²) in [6.45, 7) is 7.76. The zero-order valence-electron chi connectivity index (χ0n) is 21.9. The second-order valence-electron chi connectivity index (χ2n) is 10.1. The second-order valence-corrected chi connectivity index (χ2v) is 10.1. The molecular weight excluding hydrogens is 440 g/mol. The number of nitrogens with one attached hydrogen (secondary N) is 1. The van der Waals surface area contributed by atoms with Crippen LogP contribution in [0, 0.1) is 0 Å². The highest BCUT2D eigenvalue weighted by Crippen LogP contribution is 2.30. The van der Waals surface area contributed by atoms with E-state index in [9.17, 15) is 14.4 Å². The van der Waals surface area contributed by atoms with E-state index in [2.05, 4.69) is 29.0 Å². The lowest BCUT2D eigenvalue weighted by molar-refractivity contribution is -0.139. The van der Waals surface area contributed by atoms with Gasteiger partial charge in [0.25, 0.3) is 5.91 Å². The van der Waals surface area contributed by atoms with Gasteiger partial charge in [-0.1, -0.05) is 52.4 Å². The normalized spacial score (nSPS) is 17.3. The van der Waals surface area contributed by atoms with Crippen LogP contribution in [0.1, 0.15) is 95.3 Å². The average Bonchev–Trinajstić information content (AvgIpc) is 2.87. The molecule has 0 spiro atoms. The Labute approximate surface area is 211 Å². The van der Waals surface area contributed by atoms with E-state index >= 15 is 0 Å². The minimum atomic E-state index is -0.150. The Morgan fingerprint density at radius 1 is 0.829 bits per heavy atom. The SMILES string of the molecule is CCN(CC)CN(CC(=O)N(C1CCCCC1)C1CCCCC1)C(=O)c1ccc(NC(C)=O)cc1. The molecule has 0 unspecified atom stereocenters. The van der Waals surface area contributed by atoms with Crippen LogP contribution < -0.4 is 5.32 Å². The van der Waals surface area contributed by atoms with Crippen LogP contribution in [0.3, 0.4) is 0 Å². The molecule has 1 aromatic carbocycles. The van der Waals surface area contributed by atoms with Crippen LogP contribution in [-0.4, -0.2) is 70.8 Å². The third kappa shape index (κ3) is 7.79. The predicted molar refractivity (Wildman–Crippen MR) is 140 cm³/mol. The number of carbonyl (C=O) groups excluding carboxylic acids is 3. The zero-order valence-corrected chi connectivity index (χ0v) is 21.9. The lowest BCUT2D eigenvalue weighted by Gasteiger charge is -2.43. The monoisotopic (exact) mass is 484 g/mol. The maximum absolute atomic E-state index is 13.9. The molecule has 0 aliphatic heterocycles. The summed E-state index contributed by atoms with van der Waals surface area (Å²) in [5, 5.41) is 2.74. The Balaban J connectivity index is 1.80. The van der Waals surface area contributed by atoms with Gasteiger partial charge in [-0.2, -0.15) is 0 Å². The molecule has 0 aromatic heterocycles. The minimum Gasteiger partial charge on any atom is -0.335 e. The third-order valence-electron chi connectivity index (χ3n) is 7.55. The van der Waals surface area contributed by atoms with Crippen molar-refractivity contribution in [1.29, 1.82) is 0 Å². The zero-order chi connectivity index (χ0) is 25.2. The van der Waals surface area contributed by atoms with Crippen molar-refractivity contribution in [2.24, 2.45) is 0 Å². The lowest BCUT2D eigenvalue weighted by atomic mass is 9.88. The van der Waals surface area contributed by atoms with Crippen LogP contribution in [0.25, 0.3) is 0 Å². The number of benzene rings is 1. The van der Waals surface area contributed by atoms with Gasteiger partial charge in [0.15, 0.2) is 0 Å². The number of hydrogen-bond donors (Lipinski definition) is 1. The molecule has 7 heteroatoms. The number of nitrogens with zero attached hydrogens (tertiary/aromatic N) is 3. The van der Waals surface area contributed by atoms with E-state index in [1.54, 1.807) is 29.2 Å². The molecule has 1 N–H and O–H groups in total. The Kier molecular flexibility index (Phi) is 10.6. The third-order valence-corrected chi connectivity index (χ3v) is 7.55. The van der Waals surface area contributed by atoms with Crippen molar-refractivity contribution in [2.45, 2.75) is 97.1 Å². The highest BCUT2D eigenvalue weighted by Gasteiger charge is 2.34. The van der Waals surface area contributed by atoms with E-state index in [1.807, 2.05) is 0 Å². The summed E-state index contributed by atoms with van der Waals surface area (Å²) in [4.78, 5) is 44.9. The standard InChI is InChI=1S/C28H44N4O3/c1-4-30(5-2)21-31(28(35)23-16-18-24(19-17-23)29-22(3)33)20-27(34)32(25-12-8-6-9-13-25)26-14-10-7-11-15-26/h16-19,25-26H,4-15,20-21H2,1-3H3,(H,29,33). The van der Waals surface area contributed by atoms with Crippen LogP contribution in [0.2, 0.25) is 0 Å². The molecule has 3 amide bonds. The summed E-state index contributed by atoms with van der Waals surface area (Å²) >= 11 is 0. The Bertz CT molecular complexity index is 807. The largest absolute Gasteiger partial charge is 0.335 e. The number of amides is 3. The first kappa shape index (κ1) is 27.2. The molecule has 2 saturated carbocycles. The maximum Gasteiger partial charge on any atom is 0.255 e. The minimum absolute atomic E-state index is 0.0965. The second kappa shape index (κ2) is 13.6. The van der Waals surface area contributed by atoms with Gasteiger partial charge < -0.3 is 15.1 Å². The molecule has 0 saturated heterocycles. The number of rotatable bonds is 10. The summed E-state index contributed by atoms with van der Waals surface area (Å²) in [6, 6.07) is 7.55. The number of carbonyl (C=O) groups is 3. The van der Waals surface area contributed by atoms with Crippen molar-refractivity contribution in [1.82, 2.24) is 14.7 Å². The van der Waals surface area contributed by atoms with Crippen LogP contribution in [0.4, 0.5) is 5.69 Å².